The number of carbonyl (C=O) groups is 1. The molecule has 0 unspecified atom stereocenters. The van der Waals surface area contributed by atoms with Crippen LogP contribution in [0.15, 0.2) is 30.3 Å². The molecule has 1 saturated heterocycles. The first kappa shape index (κ1) is 16.0. The minimum atomic E-state index is -0.707. The zero-order valence-corrected chi connectivity index (χ0v) is 11.8. The van der Waals surface area contributed by atoms with Crippen LogP contribution in [-0.4, -0.2) is 53.6 Å². The van der Waals surface area contributed by atoms with Gasteiger partial charge in [0.05, 0.1) is 6.42 Å². The fourth-order valence-corrected chi connectivity index (χ4v) is 2.27. The monoisotopic (exact) mass is 284 g/mol. The Morgan fingerprint density at radius 3 is 2.21 bits per heavy atom. The Labute approximate surface area is 120 Å². The van der Waals surface area contributed by atoms with Crippen molar-refractivity contribution in [2.75, 3.05) is 32.7 Å². The smallest absolute Gasteiger partial charge is 0.304 e. The van der Waals surface area contributed by atoms with Crippen LogP contribution in [0.3, 0.4) is 0 Å². The molecule has 0 amide bonds. The van der Waals surface area contributed by atoms with Crippen LogP contribution in [0.4, 0.5) is 0 Å². The van der Waals surface area contributed by atoms with Gasteiger partial charge in [-0.1, -0.05) is 30.3 Å². The Bertz CT molecular complexity index is 378. The Morgan fingerprint density at radius 1 is 1.05 bits per heavy atom. The molecule has 1 aromatic carbocycles. The number of nitrogens with zero attached hydrogens (tertiary/aromatic N) is 2. The van der Waals surface area contributed by atoms with Crippen LogP contribution in [0.25, 0.3) is 0 Å². The first-order valence-electron chi connectivity index (χ1n) is 6.44. The van der Waals surface area contributed by atoms with Gasteiger partial charge in [-0.3, -0.25) is 9.69 Å². The number of carboxylic acid groups (broad SMARTS) is 1. The molecule has 0 aliphatic carbocycles. The molecule has 4 nitrogen and oxygen atoms in total. The molecule has 0 bridgehead atoms. The van der Waals surface area contributed by atoms with E-state index in [-0.39, 0.29) is 18.8 Å². The predicted molar refractivity (Wildman–Crippen MR) is 77.7 cm³/mol. The molecule has 19 heavy (non-hydrogen) atoms. The lowest BCUT2D eigenvalue weighted by molar-refractivity contribution is -0.137. The summed E-state index contributed by atoms with van der Waals surface area (Å²) in [6.45, 7) is 5.66. The molecule has 2 rings (SSSR count). The SMILES string of the molecule is Cl.O=C(O)CCN1CCN(Cc2ccccc2)CC1. The van der Waals surface area contributed by atoms with E-state index in [1.165, 1.54) is 5.56 Å². The van der Waals surface area contributed by atoms with Gasteiger partial charge in [0.25, 0.3) is 0 Å². The maximum Gasteiger partial charge on any atom is 0.304 e. The second-order valence-electron chi connectivity index (χ2n) is 4.75. The van der Waals surface area contributed by atoms with Crippen molar-refractivity contribution in [3.05, 3.63) is 35.9 Å². The van der Waals surface area contributed by atoms with E-state index in [1.807, 2.05) is 6.07 Å². The summed E-state index contributed by atoms with van der Waals surface area (Å²) >= 11 is 0. The summed E-state index contributed by atoms with van der Waals surface area (Å²) in [6.07, 6.45) is 0.249. The molecule has 1 aliphatic rings. The lowest BCUT2D eigenvalue weighted by atomic mass is 10.2. The molecule has 5 heteroatoms. The minimum Gasteiger partial charge on any atom is -0.481 e. The lowest BCUT2D eigenvalue weighted by Gasteiger charge is -2.34. The van der Waals surface area contributed by atoms with Crippen molar-refractivity contribution >= 4 is 18.4 Å². The van der Waals surface area contributed by atoms with Gasteiger partial charge in [-0.05, 0) is 5.56 Å². The molecule has 1 N–H and O–H groups in total. The summed E-state index contributed by atoms with van der Waals surface area (Å²) in [5.74, 6) is -0.707. The predicted octanol–water partition coefficient (Wildman–Crippen LogP) is 1.70. The zero-order valence-electron chi connectivity index (χ0n) is 11.0. The third-order valence-electron chi connectivity index (χ3n) is 3.36. The molecule has 0 spiro atoms. The van der Waals surface area contributed by atoms with Gasteiger partial charge in [-0.25, -0.2) is 0 Å². The van der Waals surface area contributed by atoms with Gasteiger partial charge in [0.15, 0.2) is 0 Å². The van der Waals surface area contributed by atoms with E-state index in [4.69, 9.17) is 5.11 Å². The summed E-state index contributed by atoms with van der Waals surface area (Å²) in [5.41, 5.74) is 1.34. The molecular formula is C14H21ClN2O2. The number of carboxylic acids is 1. The Hall–Kier alpha value is -1.10. The largest absolute Gasteiger partial charge is 0.481 e. The van der Waals surface area contributed by atoms with E-state index in [2.05, 4.69) is 34.1 Å². The Kier molecular flexibility index (Phi) is 6.84. The fraction of sp³-hybridized carbons (Fsp3) is 0.500. The molecule has 1 heterocycles. The van der Waals surface area contributed by atoms with E-state index in [0.717, 1.165) is 32.7 Å². The standard InChI is InChI=1S/C14H20N2O2.ClH/c17-14(18)6-7-15-8-10-16(11-9-15)12-13-4-2-1-3-5-13;/h1-5H,6-12H2,(H,17,18);1H. The van der Waals surface area contributed by atoms with Crippen molar-refractivity contribution in [2.45, 2.75) is 13.0 Å². The molecule has 1 fully saturated rings. The van der Waals surface area contributed by atoms with Crippen molar-refractivity contribution in [2.24, 2.45) is 0 Å². The van der Waals surface area contributed by atoms with Crippen LogP contribution in [0.5, 0.6) is 0 Å². The van der Waals surface area contributed by atoms with Crippen molar-refractivity contribution < 1.29 is 9.90 Å². The van der Waals surface area contributed by atoms with Crippen LogP contribution in [0, 0.1) is 0 Å². The number of rotatable bonds is 5. The van der Waals surface area contributed by atoms with E-state index >= 15 is 0 Å². The van der Waals surface area contributed by atoms with Gasteiger partial charge in [0.2, 0.25) is 0 Å². The van der Waals surface area contributed by atoms with E-state index < -0.39 is 5.97 Å². The molecule has 0 aromatic heterocycles. The Balaban J connectivity index is 0.00000180. The topological polar surface area (TPSA) is 43.8 Å². The second-order valence-corrected chi connectivity index (χ2v) is 4.75. The van der Waals surface area contributed by atoms with Gasteiger partial charge in [0, 0.05) is 39.3 Å². The van der Waals surface area contributed by atoms with Gasteiger partial charge < -0.3 is 10.0 Å². The van der Waals surface area contributed by atoms with Crippen molar-refractivity contribution in [3.63, 3.8) is 0 Å². The number of benzene rings is 1. The molecule has 1 aliphatic heterocycles. The van der Waals surface area contributed by atoms with Crippen molar-refractivity contribution in [1.82, 2.24) is 9.80 Å². The number of hydrogen-bond donors (Lipinski definition) is 1. The lowest BCUT2D eigenvalue weighted by Crippen LogP contribution is -2.46. The van der Waals surface area contributed by atoms with E-state index in [1.54, 1.807) is 0 Å². The van der Waals surface area contributed by atoms with Gasteiger partial charge >= 0.3 is 5.97 Å². The molecular weight excluding hydrogens is 264 g/mol. The number of halogens is 1. The van der Waals surface area contributed by atoms with Crippen molar-refractivity contribution in [1.29, 1.82) is 0 Å². The molecule has 1 aromatic rings. The van der Waals surface area contributed by atoms with Gasteiger partial charge in [-0.2, -0.15) is 0 Å². The summed E-state index contributed by atoms with van der Waals surface area (Å²) in [6, 6.07) is 10.5. The highest BCUT2D eigenvalue weighted by Crippen LogP contribution is 2.08. The third kappa shape index (κ3) is 5.59. The highest BCUT2D eigenvalue weighted by molar-refractivity contribution is 5.85. The number of hydrogen-bond acceptors (Lipinski definition) is 3. The van der Waals surface area contributed by atoms with Crippen LogP contribution < -0.4 is 0 Å². The second kappa shape index (κ2) is 8.15. The average molecular weight is 285 g/mol. The molecule has 0 saturated carbocycles. The number of aliphatic carboxylic acids is 1. The Morgan fingerprint density at radius 2 is 1.63 bits per heavy atom. The minimum absolute atomic E-state index is 0. The third-order valence-corrected chi connectivity index (χ3v) is 3.36. The van der Waals surface area contributed by atoms with Crippen LogP contribution >= 0.6 is 12.4 Å². The first-order chi connectivity index (χ1) is 8.74. The first-order valence-corrected chi connectivity index (χ1v) is 6.44. The molecule has 0 atom stereocenters. The highest BCUT2D eigenvalue weighted by Gasteiger charge is 2.17. The maximum atomic E-state index is 10.5. The van der Waals surface area contributed by atoms with Crippen LogP contribution in [0.1, 0.15) is 12.0 Å². The van der Waals surface area contributed by atoms with Gasteiger partial charge in [0.1, 0.15) is 0 Å². The summed E-state index contributed by atoms with van der Waals surface area (Å²) < 4.78 is 0. The number of piperazine rings is 1. The fourth-order valence-electron chi connectivity index (χ4n) is 2.27. The zero-order chi connectivity index (χ0) is 12.8. The van der Waals surface area contributed by atoms with Gasteiger partial charge in [-0.15, -0.1) is 12.4 Å². The summed E-state index contributed by atoms with van der Waals surface area (Å²) in [5, 5.41) is 8.65. The summed E-state index contributed by atoms with van der Waals surface area (Å²) in [4.78, 5) is 15.2. The average Bonchev–Trinajstić information content (AvgIpc) is 2.39. The van der Waals surface area contributed by atoms with Crippen molar-refractivity contribution in [3.8, 4) is 0 Å². The van der Waals surface area contributed by atoms with Crippen LogP contribution in [-0.2, 0) is 11.3 Å². The van der Waals surface area contributed by atoms with E-state index in [0.29, 0.717) is 6.54 Å². The molecule has 0 radical (unpaired) electrons. The van der Waals surface area contributed by atoms with E-state index in [9.17, 15) is 4.79 Å². The summed E-state index contributed by atoms with van der Waals surface area (Å²) in [7, 11) is 0. The maximum absolute atomic E-state index is 10.5. The quantitative estimate of drug-likeness (QED) is 0.894. The normalized spacial score (nSPS) is 16.8. The van der Waals surface area contributed by atoms with Crippen LogP contribution in [0.2, 0.25) is 0 Å². The highest BCUT2D eigenvalue weighted by atomic mass is 35.5. The molecule has 106 valence electrons.